The molecule has 30 heavy (non-hydrogen) atoms. The van der Waals surface area contributed by atoms with Gasteiger partial charge in [0, 0.05) is 27.9 Å². The van der Waals surface area contributed by atoms with E-state index >= 15 is 0 Å². The van der Waals surface area contributed by atoms with Crippen LogP contribution in [-0.2, 0) is 5.31 Å². The van der Waals surface area contributed by atoms with Gasteiger partial charge in [-0.25, -0.2) is 0 Å². The first-order valence-corrected chi connectivity index (χ1v) is 10.9. The first kappa shape index (κ1) is 17.8. The molecular weight excluding hydrogens is 365 g/mol. The number of furan rings is 1. The molecule has 0 amide bonds. The standard InChI is InChI=1S/C27H24BNO/c1-17-14-25-23(21-9-8-18-6-2-3-7-20(18)26(21)30-25)16-22(17)24-15-19(10-13-29-24)27(28)11-4-5-12-27/h2-3,6-10,13-16H,4-5,11-12,28H2,1H3. The number of fused-ring (bicyclic) bond motifs is 5. The summed E-state index contributed by atoms with van der Waals surface area (Å²) >= 11 is 0. The quantitative estimate of drug-likeness (QED) is 0.322. The van der Waals surface area contributed by atoms with Gasteiger partial charge in [-0.2, -0.15) is 0 Å². The second-order valence-electron chi connectivity index (χ2n) is 9.13. The largest absolute Gasteiger partial charge is 0.455 e. The summed E-state index contributed by atoms with van der Waals surface area (Å²) in [6, 6.07) is 21.8. The lowest BCUT2D eigenvalue weighted by Crippen LogP contribution is -2.22. The van der Waals surface area contributed by atoms with Crippen molar-refractivity contribution in [1.29, 1.82) is 0 Å². The number of aromatic nitrogens is 1. The summed E-state index contributed by atoms with van der Waals surface area (Å²) in [5.41, 5.74) is 6.80. The average Bonchev–Trinajstić information content (AvgIpc) is 3.37. The summed E-state index contributed by atoms with van der Waals surface area (Å²) in [4.78, 5) is 4.76. The number of hydrogen-bond acceptors (Lipinski definition) is 2. The number of benzene rings is 3. The van der Waals surface area contributed by atoms with E-state index in [1.807, 2.05) is 6.20 Å². The van der Waals surface area contributed by atoms with Gasteiger partial charge in [-0.05, 0) is 59.1 Å². The third-order valence-corrected chi connectivity index (χ3v) is 7.15. The van der Waals surface area contributed by atoms with E-state index in [0.717, 1.165) is 22.2 Å². The van der Waals surface area contributed by atoms with Crippen molar-refractivity contribution in [1.82, 2.24) is 4.98 Å². The molecule has 1 saturated carbocycles. The van der Waals surface area contributed by atoms with E-state index in [2.05, 4.69) is 75.4 Å². The highest BCUT2D eigenvalue weighted by Gasteiger charge is 2.30. The Morgan fingerprint density at radius 2 is 1.73 bits per heavy atom. The van der Waals surface area contributed by atoms with Crippen molar-refractivity contribution >= 4 is 40.6 Å². The highest BCUT2D eigenvalue weighted by atomic mass is 16.3. The van der Waals surface area contributed by atoms with Crippen LogP contribution in [0.15, 0.2) is 71.3 Å². The van der Waals surface area contributed by atoms with Gasteiger partial charge >= 0.3 is 0 Å². The molecule has 0 spiro atoms. The SMILES string of the molecule is BC1(c2ccnc(-c3cc4c(cc3C)oc3c5ccccc5ccc43)c2)CCCC1. The van der Waals surface area contributed by atoms with Crippen LogP contribution in [0.4, 0.5) is 0 Å². The minimum absolute atomic E-state index is 0.289. The number of pyridine rings is 1. The minimum atomic E-state index is 0.289. The molecule has 0 bridgehead atoms. The summed E-state index contributed by atoms with van der Waals surface area (Å²) in [7, 11) is 2.41. The zero-order valence-electron chi connectivity index (χ0n) is 17.5. The molecule has 0 aliphatic heterocycles. The summed E-state index contributed by atoms with van der Waals surface area (Å²) in [5.74, 6) is 0. The number of nitrogens with zero attached hydrogens (tertiary/aromatic N) is 1. The van der Waals surface area contributed by atoms with Crippen molar-refractivity contribution in [2.24, 2.45) is 0 Å². The van der Waals surface area contributed by atoms with Gasteiger partial charge < -0.3 is 4.42 Å². The third kappa shape index (κ3) is 2.61. The van der Waals surface area contributed by atoms with Crippen LogP contribution >= 0.6 is 0 Å². The predicted molar refractivity (Wildman–Crippen MR) is 128 cm³/mol. The van der Waals surface area contributed by atoms with Crippen molar-refractivity contribution in [3.8, 4) is 11.3 Å². The molecule has 2 aromatic heterocycles. The summed E-state index contributed by atoms with van der Waals surface area (Å²) in [6.45, 7) is 2.16. The molecule has 1 aliphatic rings. The monoisotopic (exact) mass is 389 g/mol. The van der Waals surface area contributed by atoms with Crippen LogP contribution in [-0.4, -0.2) is 12.8 Å². The Bertz CT molecular complexity index is 1430. The number of hydrogen-bond donors (Lipinski definition) is 0. The van der Waals surface area contributed by atoms with Gasteiger partial charge in [0.25, 0.3) is 0 Å². The Labute approximate surface area is 177 Å². The van der Waals surface area contributed by atoms with Crippen LogP contribution in [0, 0.1) is 6.92 Å². The maximum Gasteiger partial charge on any atom is 0.143 e. The molecule has 1 aliphatic carbocycles. The first-order chi connectivity index (χ1) is 14.6. The Balaban J connectivity index is 1.56. The normalized spacial score (nSPS) is 16.0. The smallest absolute Gasteiger partial charge is 0.143 e. The Kier molecular flexibility index (Phi) is 3.83. The molecule has 0 saturated heterocycles. The van der Waals surface area contributed by atoms with Gasteiger partial charge in [0.2, 0.25) is 0 Å². The summed E-state index contributed by atoms with van der Waals surface area (Å²) in [6.07, 6.45) is 7.18. The Morgan fingerprint density at radius 1 is 0.900 bits per heavy atom. The number of rotatable bonds is 2. The molecule has 0 N–H and O–H groups in total. The summed E-state index contributed by atoms with van der Waals surface area (Å²) < 4.78 is 6.34. The first-order valence-electron chi connectivity index (χ1n) is 10.9. The fraction of sp³-hybridized carbons (Fsp3) is 0.222. The molecule has 2 nitrogen and oxygen atoms in total. The zero-order chi connectivity index (χ0) is 20.3. The molecular formula is C27H24BNO. The van der Waals surface area contributed by atoms with Gasteiger partial charge in [-0.15, -0.1) is 0 Å². The van der Waals surface area contributed by atoms with Crippen LogP contribution in [0.3, 0.4) is 0 Å². The van der Waals surface area contributed by atoms with Gasteiger partial charge in [-0.3, -0.25) is 4.98 Å². The lowest BCUT2D eigenvalue weighted by atomic mass is 9.63. The molecule has 2 heterocycles. The zero-order valence-corrected chi connectivity index (χ0v) is 17.5. The second-order valence-corrected chi connectivity index (χ2v) is 9.13. The van der Waals surface area contributed by atoms with Gasteiger partial charge in [0.05, 0.1) is 5.69 Å². The molecule has 1 fully saturated rings. The fourth-order valence-electron chi connectivity index (χ4n) is 5.32. The van der Waals surface area contributed by atoms with E-state index in [1.165, 1.54) is 58.5 Å². The molecule has 146 valence electrons. The maximum absolute atomic E-state index is 6.34. The molecule has 0 radical (unpaired) electrons. The minimum Gasteiger partial charge on any atom is -0.455 e. The lowest BCUT2D eigenvalue weighted by Gasteiger charge is -2.24. The Morgan fingerprint density at radius 3 is 2.60 bits per heavy atom. The van der Waals surface area contributed by atoms with E-state index in [9.17, 15) is 0 Å². The predicted octanol–water partition coefficient (Wildman–Crippen LogP) is 6.51. The lowest BCUT2D eigenvalue weighted by molar-refractivity contribution is 0.635. The van der Waals surface area contributed by atoms with Crippen molar-refractivity contribution in [3.63, 3.8) is 0 Å². The van der Waals surface area contributed by atoms with Gasteiger partial charge in [0.1, 0.15) is 19.0 Å². The molecule has 5 aromatic rings. The Hall–Kier alpha value is -3.07. The molecule has 3 heteroatoms. The van der Waals surface area contributed by atoms with E-state index in [1.54, 1.807) is 0 Å². The van der Waals surface area contributed by atoms with Gasteiger partial charge in [-0.1, -0.05) is 56.0 Å². The van der Waals surface area contributed by atoms with E-state index < -0.39 is 0 Å². The van der Waals surface area contributed by atoms with Crippen LogP contribution < -0.4 is 0 Å². The molecule has 6 rings (SSSR count). The summed E-state index contributed by atoms with van der Waals surface area (Å²) in [5, 5.41) is 5.00. The molecule has 0 unspecified atom stereocenters. The number of aryl methyl sites for hydroxylation is 1. The van der Waals surface area contributed by atoms with Crippen molar-refractivity contribution < 1.29 is 4.42 Å². The molecule has 3 aromatic carbocycles. The maximum atomic E-state index is 6.34. The average molecular weight is 389 g/mol. The fourth-order valence-corrected chi connectivity index (χ4v) is 5.32. The van der Waals surface area contributed by atoms with Crippen molar-refractivity contribution in [3.05, 3.63) is 78.0 Å². The van der Waals surface area contributed by atoms with E-state index in [4.69, 9.17) is 9.40 Å². The highest BCUT2D eigenvalue weighted by Crippen LogP contribution is 2.40. The highest BCUT2D eigenvalue weighted by molar-refractivity contribution is 6.16. The van der Waals surface area contributed by atoms with E-state index in [-0.39, 0.29) is 5.31 Å². The van der Waals surface area contributed by atoms with Crippen molar-refractivity contribution in [2.75, 3.05) is 0 Å². The van der Waals surface area contributed by atoms with Crippen molar-refractivity contribution in [2.45, 2.75) is 37.9 Å². The van der Waals surface area contributed by atoms with Crippen LogP contribution in [0.25, 0.3) is 44.0 Å². The van der Waals surface area contributed by atoms with Crippen LogP contribution in [0.2, 0.25) is 0 Å². The second kappa shape index (κ2) is 6.47. The topological polar surface area (TPSA) is 26.0 Å². The van der Waals surface area contributed by atoms with E-state index in [0.29, 0.717) is 0 Å². The van der Waals surface area contributed by atoms with Crippen LogP contribution in [0.1, 0.15) is 36.8 Å². The molecule has 0 atom stereocenters. The third-order valence-electron chi connectivity index (χ3n) is 7.15. The van der Waals surface area contributed by atoms with Gasteiger partial charge in [0.15, 0.2) is 0 Å². The van der Waals surface area contributed by atoms with Crippen LogP contribution in [0.5, 0.6) is 0 Å².